The van der Waals surface area contributed by atoms with Crippen molar-refractivity contribution >= 4 is 17.6 Å². The van der Waals surface area contributed by atoms with Crippen LogP contribution in [0.3, 0.4) is 0 Å². The first-order chi connectivity index (χ1) is 12.5. The Morgan fingerprint density at radius 3 is 2.81 bits per heavy atom. The fourth-order valence-electron chi connectivity index (χ4n) is 4.15. The van der Waals surface area contributed by atoms with Crippen LogP contribution in [0.25, 0.3) is 0 Å². The molecule has 0 aromatic carbocycles. The Morgan fingerprint density at radius 2 is 2.12 bits per heavy atom. The first kappa shape index (κ1) is 18.6. The lowest BCUT2D eigenvalue weighted by atomic mass is 9.72. The van der Waals surface area contributed by atoms with E-state index < -0.39 is 5.91 Å². The van der Waals surface area contributed by atoms with E-state index in [1.54, 1.807) is 25.4 Å². The third-order valence-corrected chi connectivity index (χ3v) is 5.70. The first-order valence-electron chi connectivity index (χ1n) is 9.31. The molecule has 0 radical (unpaired) electrons. The van der Waals surface area contributed by atoms with Gasteiger partial charge in [0.1, 0.15) is 5.82 Å². The number of anilines is 1. The molecule has 2 saturated heterocycles. The molecular weight excluding hydrogens is 332 g/mol. The molecular formula is C19H28N4O3. The van der Waals surface area contributed by atoms with Gasteiger partial charge in [-0.1, -0.05) is 0 Å². The van der Waals surface area contributed by atoms with E-state index in [0.29, 0.717) is 24.4 Å². The van der Waals surface area contributed by atoms with E-state index in [2.05, 4.69) is 9.88 Å². The van der Waals surface area contributed by atoms with Gasteiger partial charge in [0.2, 0.25) is 5.91 Å². The van der Waals surface area contributed by atoms with Crippen molar-refractivity contribution in [3.05, 3.63) is 23.9 Å². The second-order valence-corrected chi connectivity index (χ2v) is 7.39. The standard InChI is InChI=1S/C19H28N4O3/c1-26-13-3-10-23-14-19(6-5-16(23)24)7-11-22(12-8-19)18-15(17(20)25)4-2-9-21-18/h2,4,9H,3,5-8,10-14H2,1H3,(H2,20,25). The molecule has 7 heteroatoms. The van der Waals surface area contributed by atoms with Gasteiger partial charge in [-0.3, -0.25) is 9.59 Å². The van der Waals surface area contributed by atoms with Crippen LogP contribution in [0.4, 0.5) is 5.82 Å². The molecule has 26 heavy (non-hydrogen) atoms. The summed E-state index contributed by atoms with van der Waals surface area (Å²) >= 11 is 0. The van der Waals surface area contributed by atoms with Crippen LogP contribution in [0.2, 0.25) is 0 Å². The fourth-order valence-corrected chi connectivity index (χ4v) is 4.15. The smallest absolute Gasteiger partial charge is 0.252 e. The van der Waals surface area contributed by atoms with Gasteiger partial charge in [-0.05, 0) is 43.2 Å². The van der Waals surface area contributed by atoms with Crippen LogP contribution >= 0.6 is 0 Å². The van der Waals surface area contributed by atoms with Crippen molar-refractivity contribution < 1.29 is 14.3 Å². The van der Waals surface area contributed by atoms with Crippen LogP contribution < -0.4 is 10.6 Å². The molecule has 0 atom stereocenters. The van der Waals surface area contributed by atoms with Gasteiger partial charge < -0.3 is 20.3 Å². The topological polar surface area (TPSA) is 88.8 Å². The Kier molecular flexibility index (Phi) is 5.76. The lowest BCUT2D eigenvalue weighted by Gasteiger charge is -2.47. The van der Waals surface area contributed by atoms with Gasteiger partial charge >= 0.3 is 0 Å². The van der Waals surface area contributed by atoms with Gasteiger partial charge in [-0.15, -0.1) is 0 Å². The number of carbonyl (C=O) groups is 2. The molecule has 3 heterocycles. The highest BCUT2D eigenvalue weighted by molar-refractivity contribution is 5.97. The van der Waals surface area contributed by atoms with E-state index in [0.717, 1.165) is 51.9 Å². The molecule has 0 aliphatic carbocycles. The quantitative estimate of drug-likeness (QED) is 0.775. The van der Waals surface area contributed by atoms with Crippen molar-refractivity contribution in [2.45, 2.75) is 32.1 Å². The summed E-state index contributed by atoms with van der Waals surface area (Å²) < 4.78 is 5.11. The van der Waals surface area contributed by atoms with Crippen molar-refractivity contribution in [1.82, 2.24) is 9.88 Å². The highest BCUT2D eigenvalue weighted by Crippen LogP contribution is 2.41. The van der Waals surface area contributed by atoms with E-state index in [1.165, 1.54) is 0 Å². The average molecular weight is 360 g/mol. The van der Waals surface area contributed by atoms with Crippen LogP contribution in [-0.2, 0) is 9.53 Å². The minimum atomic E-state index is -0.444. The Hall–Kier alpha value is -2.15. The number of methoxy groups -OCH3 is 1. The van der Waals surface area contributed by atoms with Gasteiger partial charge in [-0.2, -0.15) is 0 Å². The number of pyridine rings is 1. The number of aromatic nitrogens is 1. The summed E-state index contributed by atoms with van der Waals surface area (Å²) in [5.41, 5.74) is 6.14. The van der Waals surface area contributed by atoms with E-state index in [-0.39, 0.29) is 11.3 Å². The first-order valence-corrected chi connectivity index (χ1v) is 9.31. The van der Waals surface area contributed by atoms with E-state index in [9.17, 15) is 9.59 Å². The summed E-state index contributed by atoms with van der Waals surface area (Å²) in [6.45, 7) is 3.94. The fraction of sp³-hybridized carbons (Fsp3) is 0.632. The minimum Gasteiger partial charge on any atom is -0.385 e. The maximum Gasteiger partial charge on any atom is 0.252 e. The molecule has 0 unspecified atom stereocenters. The van der Waals surface area contributed by atoms with E-state index in [4.69, 9.17) is 10.5 Å². The summed E-state index contributed by atoms with van der Waals surface area (Å²) in [4.78, 5) is 32.4. The molecule has 0 saturated carbocycles. The summed E-state index contributed by atoms with van der Waals surface area (Å²) in [7, 11) is 1.69. The largest absolute Gasteiger partial charge is 0.385 e. The predicted octanol–water partition coefficient (Wildman–Crippen LogP) is 1.43. The van der Waals surface area contributed by atoms with E-state index >= 15 is 0 Å². The minimum absolute atomic E-state index is 0.180. The molecule has 2 fully saturated rings. The number of nitrogens with zero attached hydrogens (tertiary/aromatic N) is 3. The summed E-state index contributed by atoms with van der Waals surface area (Å²) in [6, 6.07) is 3.46. The Bertz CT molecular complexity index is 656. The van der Waals surface area contributed by atoms with E-state index in [1.807, 2.05) is 4.90 Å². The zero-order valence-electron chi connectivity index (χ0n) is 15.4. The number of rotatable bonds is 6. The number of ether oxygens (including phenoxy) is 1. The average Bonchev–Trinajstić information content (AvgIpc) is 2.65. The number of hydrogen-bond acceptors (Lipinski definition) is 5. The van der Waals surface area contributed by atoms with Crippen LogP contribution in [0.5, 0.6) is 0 Å². The maximum atomic E-state index is 12.2. The number of piperidine rings is 2. The molecule has 3 rings (SSSR count). The monoisotopic (exact) mass is 360 g/mol. The van der Waals surface area contributed by atoms with Crippen LogP contribution in [0.15, 0.2) is 18.3 Å². The zero-order chi connectivity index (χ0) is 18.6. The van der Waals surface area contributed by atoms with Crippen molar-refractivity contribution in [2.75, 3.05) is 44.8 Å². The molecule has 7 nitrogen and oxygen atoms in total. The molecule has 2 N–H and O–H groups in total. The second kappa shape index (κ2) is 8.03. The second-order valence-electron chi connectivity index (χ2n) is 7.39. The number of likely N-dealkylation sites (tertiary alicyclic amines) is 1. The highest BCUT2D eigenvalue weighted by Gasteiger charge is 2.41. The van der Waals surface area contributed by atoms with Gasteiger partial charge in [0.25, 0.3) is 5.91 Å². The summed E-state index contributed by atoms with van der Waals surface area (Å²) in [5, 5.41) is 0. The number of hydrogen-bond donors (Lipinski definition) is 1. The molecule has 1 spiro atoms. The Balaban J connectivity index is 1.64. The zero-order valence-corrected chi connectivity index (χ0v) is 15.4. The van der Waals surface area contributed by atoms with Crippen molar-refractivity contribution in [2.24, 2.45) is 11.1 Å². The molecule has 2 amide bonds. The van der Waals surface area contributed by atoms with Gasteiger partial charge in [0, 0.05) is 52.5 Å². The molecule has 1 aromatic rings. The van der Waals surface area contributed by atoms with Crippen LogP contribution in [-0.4, -0.2) is 61.6 Å². The van der Waals surface area contributed by atoms with Gasteiger partial charge in [-0.25, -0.2) is 4.98 Å². The van der Waals surface area contributed by atoms with Crippen molar-refractivity contribution in [3.8, 4) is 0 Å². The van der Waals surface area contributed by atoms with Crippen LogP contribution in [0, 0.1) is 5.41 Å². The van der Waals surface area contributed by atoms with Crippen molar-refractivity contribution in [1.29, 1.82) is 0 Å². The number of amides is 2. The normalized spacial score (nSPS) is 19.8. The predicted molar refractivity (Wildman–Crippen MR) is 98.9 cm³/mol. The molecule has 1 aromatic heterocycles. The third kappa shape index (κ3) is 3.98. The molecule has 0 bridgehead atoms. The number of nitrogens with two attached hydrogens (primary N) is 1. The summed E-state index contributed by atoms with van der Waals surface area (Å²) in [5.74, 6) is 0.495. The Morgan fingerprint density at radius 1 is 1.35 bits per heavy atom. The summed E-state index contributed by atoms with van der Waals surface area (Å²) in [6.07, 6.45) is 6.14. The maximum absolute atomic E-state index is 12.2. The Labute approximate surface area is 154 Å². The lowest BCUT2D eigenvalue weighted by Crippen LogP contribution is -2.52. The van der Waals surface area contributed by atoms with Gasteiger partial charge in [0.05, 0.1) is 5.56 Å². The lowest BCUT2D eigenvalue weighted by molar-refractivity contribution is -0.138. The van der Waals surface area contributed by atoms with Gasteiger partial charge in [0.15, 0.2) is 0 Å². The third-order valence-electron chi connectivity index (χ3n) is 5.70. The number of carbonyl (C=O) groups excluding carboxylic acids is 2. The SMILES string of the molecule is COCCCN1CC2(CCC1=O)CCN(c1ncccc1C(N)=O)CC2. The molecule has 2 aliphatic heterocycles. The van der Waals surface area contributed by atoms with Crippen molar-refractivity contribution in [3.63, 3.8) is 0 Å². The highest BCUT2D eigenvalue weighted by atomic mass is 16.5. The molecule has 2 aliphatic rings. The number of primary amides is 1. The molecule has 142 valence electrons. The van der Waals surface area contributed by atoms with Crippen LogP contribution in [0.1, 0.15) is 42.5 Å².